The molecule has 0 bridgehead atoms. The van der Waals surface area contributed by atoms with Gasteiger partial charge in [-0.05, 0) is 60.0 Å². The Bertz CT molecular complexity index is 606. The molecule has 1 aliphatic rings. The maximum atomic E-state index is 5.43. The minimum absolute atomic E-state index is 0.0928. The van der Waals surface area contributed by atoms with Gasteiger partial charge in [-0.3, -0.25) is 4.90 Å². The molecule has 0 aromatic carbocycles. The fraction of sp³-hybridized carbons (Fsp3) is 0.850. The predicted octanol–water partition coefficient (Wildman–Crippen LogP) is 1.85. The molecule has 0 radical (unpaired) electrons. The molecule has 8 nitrogen and oxygen atoms in total. The highest BCUT2D eigenvalue weighted by molar-refractivity contribution is 5.79. The lowest BCUT2D eigenvalue weighted by molar-refractivity contribution is 0.0982. The quantitative estimate of drug-likeness (QED) is 0.359. The van der Waals surface area contributed by atoms with Crippen molar-refractivity contribution >= 4 is 5.96 Å². The second kappa shape index (κ2) is 11.4. The zero-order valence-corrected chi connectivity index (χ0v) is 18.4. The van der Waals surface area contributed by atoms with Crippen LogP contribution in [0.3, 0.4) is 0 Å². The van der Waals surface area contributed by atoms with Gasteiger partial charge in [0.15, 0.2) is 11.8 Å². The molecule has 0 amide bonds. The number of aromatic nitrogens is 3. The molecule has 2 N–H and O–H groups in total. The van der Waals surface area contributed by atoms with Crippen LogP contribution in [-0.2, 0) is 18.3 Å². The molecule has 1 fully saturated rings. The minimum Gasteiger partial charge on any atom is -0.382 e. The van der Waals surface area contributed by atoms with Crippen LogP contribution >= 0.6 is 0 Å². The number of hydrogen-bond donors (Lipinski definition) is 2. The van der Waals surface area contributed by atoms with Crippen molar-refractivity contribution in [3.8, 4) is 0 Å². The van der Waals surface area contributed by atoms with Gasteiger partial charge in [0.05, 0.1) is 0 Å². The normalized spacial score (nSPS) is 16.4. The second-order valence-corrected chi connectivity index (χ2v) is 8.08. The zero-order chi connectivity index (χ0) is 20.4. The molecule has 1 aromatic heterocycles. The van der Waals surface area contributed by atoms with E-state index in [0.717, 1.165) is 50.3 Å². The van der Waals surface area contributed by atoms with Crippen LogP contribution in [-0.4, -0.2) is 70.6 Å². The fourth-order valence-corrected chi connectivity index (χ4v) is 3.35. The summed E-state index contributed by atoms with van der Waals surface area (Å²) in [5, 5.41) is 15.3. The maximum absolute atomic E-state index is 5.43. The Morgan fingerprint density at radius 2 is 1.93 bits per heavy atom. The first kappa shape index (κ1) is 22.6. The first-order valence-corrected chi connectivity index (χ1v) is 10.6. The van der Waals surface area contributed by atoms with E-state index in [2.05, 4.69) is 39.6 Å². The van der Waals surface area contributed by atoms with E-state index in [1.165, 1.54) is 32.4 Å². The third-order valence-corrected chi connectivity index (χ3v) is 5.42. The van der Waals surface area contributed by atoms with Crippen molar-refractivity contribution in [3.63, 3.8) is 0 Å². The fourth-order valence-electron chi connectivity index (χ4n) is 3.35. The summed E-state index contributed by atoms with van der Waals surface area (Å²) >= 11 is 0. The van der Waals surface area contributed by atoms with Crippen LogP contribution < -0.4 is 10.6 Å². The molecule has 2 rings (SSSR count). The Hall–Kier alpha value is -1.67. The molecule has 2 heterocycles. The summed E-state index contributed by atoms with van der Waals surface area (Å²) in [4.78, 5) is 7.33. The third kappa shape index (κ3) is 7.05. The summed E-state index contributed by atoms with van der Waals surface area (Å²) in [5.74, 6) is 2.58. The van der Waals surface area contributed by atoms with Crippen molar-refractivity contribution in [1.29, 1.82) is 0 Å². The lowest BCUT2D eigenvalue weighted by Gasteiger charge is -2.41. The molecule has 0 atom stereocenters. The first-order chi connectivity index (χ1) is 13.4. The van der Waals surface area contributed by atoms with Gasteiger partial charge in [-0.15, -0.1) is 10.2 Å². The molecule has 28 heavy (non-hydrogen) atoms. The summed E-state index contributed by atoms with van der Waals surface area (Å²) < 4.78 is 7.41. The average Bonchev–Trinajstić information content (AvgIpc) is 3.02. The Balaban J connectivity index is 1.94. The summed E-state index contributed by atoms with van der Waals surface area (Å²) in [5.41, 5.74) is 0.0928. The zero-order valence-electron chi connectivity index (χ0n) is 18.4. The summed E-state index contributed by atoms with van der Waals surface area (Å²) in [6, 6.07) is 0. The molecule has 0 spiro atoms. The summed E-state index contributed by atoms with van der Waals surface area (Å²) in [6.07, 6.45) is 4.90. The van der Waals surface area contributed by atoms with E-state index in [4.69, 9.17) is 9.73 Å². The van der Waals surface area contributed by atoms with E-state index in [9.17, 15) is 0 Å². The van der Waals surface area contributed by atoms with Gasteiger partial charge in [0.1, 0.15) is 12.4 Å². The van der Waals surface area contributed by atoms with Crippen molar-refractivity contribution < 1.29 is 4.74 Å². The minimum atomic E-state index is 0.0928. The smallest absolute Gasteiger partial charge is 0.191 e. The standard InChI is InChI=1S/C20H39N7O/c1-6-28-14-10-11-21-19(22-15-18-25-24-17(2)26(18)5)23-16-20(3,4)27-12-8-7-9-13-27/h6-16H2,1-5H3,(H2,21,22,23). The lowest BCUT2D eigenvalue weighted by atomic mass is 9.98. The van der Waals surface area contributed by atoms with Crippen molar-refractivity contribution in [1.82, 2.24) is 30.3 Å². The van der Waals surface area contributed by atoms with E-state index in [-0.39, 0.29) is 5.54 Å². The highest BCUT2D eigenvalue weighted by Gasteiger charge is 2.27. The van der Waals surface area contributed by atoms with E-state index in [1.807, 2.05) is 25.5 Å². The number of aliphatic imine (C=N–C) groups is 1. The summed E-state index contributed by atoms with van der Waals surface area (Å²) in [6.45, 7) is 14.7. The average molecular weight is 394 g/mol. The van der Waals surface area contributed by atoms with Gasteiger partial charge in [-0.1, -0.05) is 6.42 Å². The molecular formula is C20H39N7O. The number of nitrogens with zero attached hydrogens (tertiary/aromatic N) is 5. The van der Waals surface area contributed by atoms with Gasteiger partial charge in [-0.2, -0.15) is 0 Å². The number of ether oxygens (including phenoxy) is 1. The van der Waals surface area contributed by atoms with E-state index < -0.39 is 0 Å². The molecule has 8 heteroatoms. The maximum Gasteiger partial charge on any atom is 0.191 e. The SMILES string of the molecule is CCOCCCNC(=NCc1nnc(C)n1C)NCC(C)(C)N1CCCCC1. The molecular weight excluding hydrogens is 354 g/mol. The van der Waals surface area contributed by atoms with Crippen LogP contribution in [0.15, 0.2) is 4.99 Å². The van der Waals surface area contributed by atoms with E-state index >= 15 is 0 Å². The highest BCUT2D eigenvalue weighted by atomic mass is 16.5. The van der Waals surface area contributed by atoms with Crippen LogP contribution in [0.1, 0.15) is 58.1 Å². The van der Waals surface area contributed by atoms with Gasteiger partial charge in [0.25, 0.3) is 0 Å². The Labute approximate surface area is 170 Å². The van der Waals surface area contributed by atoms with Crippen molar-refractivity contribution in [2.24, 2.45) is 12.0 Å². The lowest BCUT2D eigenvalue weighted by Crippen LogP contribution is -2.55. The number of hydrogen-bond acceptors (Lipinski definition) is 5. The molecule has 1 aliphatic heterocycles. The number of rotatable bonds is 10. The molecule has 1 saturated heterocycles. The molecule has 0 unspecified atom stereocenters. The van der Waals surface area contributed by atoms with Crippen LogP contribution in [0.2, 0.25) is 0 Å². The van der Waals surface area contributed by atoms with Crippen LogP contribution in [0.25, 0.3) is 0 Å². The predicted molar refractivity (Wildman–Crippen MR) is 113 cm³/mol. The Morgan fingerprint density at radius 3 is 2.57 bits per heavy atom. The van der Waals surface area contributed by atoms with Gasteiger partial charge in [0, 0.05) is 38.9 Å². The largest absolute Gasteiger partial charge is 0.382 e. The second-order valence-electron chi connectivity index (χ2n) is 8.08. The highest BCUT2D eigenvalue weighted by Crippen LogP contribution is 2.19. The third-order valence-electron chi connectivity index (χ3n) is 5.42. The number of nitrogens with one attached hydrogen (secondary N) is 2. The molecule has 0 saturated carbocycles. The monoisotopic (exact) mass is 393 g/mol. The Morgan fingerprint density at radius 1 is 1.18 bits per heavy atom. The van der Waals surface area contributed by atoms with Crippen molar-refractivity contribution in [2.75, 3.05) is 39.4 Å². The van der Waals surface area contributed by atoms with Crippen LogP contribution in [0.4, 0.5) is 0 Å². The van der Waals surface area contributed by atoms with E-state index in [0.29, 0.717) is 6.54 Å². The summed E-state index contributed by atoms with van der Waals surface area (Å²) in [7, 11) is 1.97. The topological polar surface area (TPSA) is 79.6 Å². The number of likely N-dealkylation sites (tertiary alicyclic amines) is 1. The van der Waals surface area contributed by atoms with Gasteiger partial charge in [-0.25, -0.2) is 4.99 Å². The van der Waals surface area contributed by atoms with Crippen molar-refractivity contribution in [2.45, 2.75) is 65.5 Å². The Kier molecular flexibility index (Phi) is 9.18. The van der Waals surface area contributed by atoms with Crippen LogP contribution in [0, 0.1) is 6.92 Å². The molecule has 160 valence electrons. The van der Waals surface area contributed by atoms with Gasteiger partial charge < -0.3 is 19.9 Å². The number of guanidine groups is 1. The molecule has 0 aliphatic carbocycles. The van der Waals surface area contributed by atoms with Gasteiger partial charge in [0.2, 0.25) is 0 Å². The molecule has 1 aromatic rings. The number of aryl methyl sites for hydroxylation is 1. The number of piperidine rings is 1. The van der Waals surface area contributed by atoms with E-state index in [1.54, 1.807) is 0 Å². The van der Waals surface area contributed by atoms with Gasteiger partial charge >= 0.3 is 0 Å². The van der Waals surface area contributed by atoms with Crippen molar-refractivity contribution in [3.05, 3.63) is 11.6 Å². The first-order valence-electron chi connectivity index (χ1n) is 10.6. The van der Waals surface area contributed by atoms with Crippen LogP contribution in [0.5, 0.6) is 0 Å².